The fourth-order valence-electron chi connectivity index (χ4n) is 3.05. The zero-order valence-electron chi connectivity index (χ0n) is 16.8. The molecular formula is C22H39NO3. The lowest BCUT2D eigenvalue weighted by Crippen LogP contribution is -2.17. The van der Waals surface area contributed by atoms with Crippen molar-refractivity contribution in [3.8, 4) is 6.07 Å². The van der Waals surface area contributed by atoms with Gasteiger partial charge in [0.15, 0.2) is 5.92 Å². The standard InChI is InChI=1S/C22H39NO3/c1-2-3-4-5-6-7-8-9-10-11-12-13-14-15-16-17-18-26-22(25)21(19-23)20-24/h20-21H,2-18H2,1H3. The highest BCUT2D eigenvalue weighted by molar-refractivity contribution is 5.90. The number of nitrogens with zero attached hydrogens (tertiary/aromatic N) is 1. The van der Waals surface area contributed by atoms with Crippen molar-refractivity contribution in [3.63, 3.8) is 0 Å². The third kappa shape index (κ3) is 16.1. The smallest absolute Gasteiger partial charge is 0.330 e. The number of carbonyl (C=O) groups is 2. The van der Waals surface area contributed by atoms with Gasteiger partial charge < -0.3 is 9.53 Å². The van der Waals surface area contributed by atoms with Crippen molar-refractivity contribution in [2.45, 2.75) is 110 Å². The first-order valence-corrected chi connectivity index (χ1v) is 10.8. The van der Waals surface area contributed by atoms with Crippen LogP contribution in [0.15, 0.2) is 0 Å². The molecule has 26 heavy (non-hydrogen) atoms. The summed E-state index contributed by atoms with van der Waals surface area (Å²) >= 11 is 0. The van der Waals surface area contributed by atoms with Crippen molar-refractivity contribution in [2.75, 3.05) is 6.61 Å². The SMILES string of the molecule is CCCCCCCCCCCCCCCCCCOC(=O)C(C#N)C=O. The number of hydrogen-bond donors (Lipinski definition) is 0. The maximum absolute atomic E-state index is 11.3. The van der Waals surface area contributed by atoms with Gasteiger partial charge in [-0.1, -0.05) is 103 Å². The van der Waals surface area contributed by atoms with E-state index in [9.17, 15) is 9.59 Å². The molecule has 1 unspecified atom stereocenters. The predicted molar refractivity (Wildman–Crippen MR) is 106 cm³/mol. The van der Waals surface area contributed by atoms with Crippen LogP contribution in [0, 0.1) is 17.2 Å². The molecule has 0 bridgehead atoms. The van der Waals surface area contributed by atoms with Crippen LogP contribution in [0.5, 0.6) is 0 Å². The Hall–Kier alpha value is -1.37. The van der Waals surface area contributed by atoms with Gasteiger partial charge in [0.05, 0.1) is 12.7 Å². The molecule has 0 aromatic rings. The lowest BCUT2D eigenvalue weighted by molar-refractivity contribution is -0.147. The summed E-state index contributed by atoms with van der Waals surface area (Å²) in [7, 11) is 0. The van der Waals surface area contributed by atoms with Gasteiger partial charge in [0.1, 0.15) is 6.29 Å². The lowest BCUT2D eigenvalue weighted by Gasteiger charge is -2.05. The maximum Gasteiger partial charge on any atom is 0.330 e. The van der Waals surface area contributed by atoms with Gasteiger partial charge in [-0.25, -0.2) is 0 Å². The molecule has 0 aromatic carbocycles. The summed E-state index contributed by atoms with van der Waals surface area (Å²) in [6, 6.07) is 1.62. The minimum atomic E-state index is -1.27. The van der Waals surface area contributed by atoms with Crippen LogP contribution in [-0.4, -0.2) is 18.9 Å². The monoisotopic (exact) mass is 365 g/mol. The Morgan fingerprint density at radius 3 is 1.54 bits per heavy atom. The van der Waals surface area contributed by atoms with Crippen LogP contribution in [0.25, 0.3) is 0 Å². The van der Waals surface area contributed by atoms with Crippen molar-refractivity contribution >= 4 is 12.3 Å². The van der Waals surface area contributed by atoms with E-state index in [0.29, 0.717) is 12.9 Å². The van der Waals surface area contributed by atoms with Crippen LogP contribution in [0.2, 0.25) is 0 Å². The molecule has 4 nitrogen and oxygen atoms in total. The van der Waals surface area contributed by atoms with Gasteiger partial charge >= 0.3 is 5.97 Å². The van der Waals surface area contributed by atoms with Crippen LogP contribution in [0.3, 0.4) is 0 Å². The summed E-state index contributed by atoms with van der Waals surface area (Å²) < 4.78 is 4.91. The molecule has 0 spiro atoms. The molecule has 0 fully saturated rings. The Bertz CT molecular complexity index is 376. The maximum atomic E-state index is 11.3. The summed E-state index contributed by atoms with van der Waals surface area (Å²) in [5, 5.41) is 8.56. The Kier molecular flexibility index (Phi) is 18.9. The van der Waals surface area contributed by atoms with Crippen molar-refractivity contribution in [3.05, 3.63) is 0 Å². The van der Waals surface area contributed by atoms with Crippen molar-refractivity contribution < 1.29 is 14.3 Å². The third-order valence-electron chi connectivity index (χ3n) is 4.77. The Balaban J connectivity index is 3.17. The topological polar surface area (TPSA) is 67.2 Å². The second-order valence-corrected chi connectivity index (χ2v) is 7.21. The first kappa shape index (κ1) is 24.6. The van der Waals surface area contributed by atoms with E-state index >= 15 is 0 Å². The molecule has 0 saturated carbocycles. The first-order valence-electron chi connectivity index (χ1n) is 10.8. The number of hydrogen-bond acceptors (Lipinski definition) is 4. The van der Waals surface area contributed by atoms with Crippen LogP contribution in [0.4, 0.5) is 0 Å². The summed E-state index contributed by atoms with van der Waals surface area (Å²) in [5.41, 5.74) is 0. The first-order chi connectivity index (χ1) is 12.8. The quantitative estimate of drug-likeness (QED) is 0.119. The van der Waals surface area contributed by atoms with E-state index in [-0.39, 0.29) is 0 Å². The zero-order valence-corrected chi connectivity index (χ0v) is 16.8. The van der Waals surface area contributed by atoms with E-state index < -0.39 is 11.9 Å². The number of esters is 1. The summed E-state index contributed by atoms with van der Waals surface area (Å²) in [4.78, 5) is 21.7. The molecule has 1 atom stereocenters. The highest BCUT2D eigenvalue weighted by atomic mass is 16.5. The third-order valence-corrected chi connectivity index (χ3v) is 4.77. The molecule has 0 aliphatic heterocycles. The number of nitriles is 1. The van der Waals surface area contributed by atoms with Gasteiger partial charge in [-0.2, -0.15) is 5.26 Å². The number of ether oxygens (including phenoxy) is 1. The molecule has 0 aliphatic carbocycles. The van der Waals surface area contributed by atoms with Crippen molar-refractivity contribution in [1.82, 2.24) is 0 Å². The molecule has 4 heteroatoms. The Morgan fingerprint density at radius 2 is 1.19 bits per heavy atom. The average molecular weight is 366 g/mol. The molecule has 0 amide bonds. The molecule has 0 rings (SSSR count). The van der Waals surface area contributed by atoms with Crippen molar-refractivity contribution in [2.24, 2.45) is 5.92 Å². The number of unbranched alkanes of at least 4 members (excludes halogenated alkanes) is 15. The molecule has 150 valence electrons. The number of rotatable bonds is 19. The summed E-state index contributed by atoms with van der Waals surface area (Å²) in [6.45, 7) is 2.57. The Labute approximate surface area is 160 Å². The van der Waals surface area contributed by atoms with Crippen LogP contribution in [-0.2, 0) is 14.3 Å². The van der Waals surface area contributed by atoms with Gasteiger partial charge in [0, 0.05) is 0 Å². The fraction of sp³-hybridized carbons (Fsp3) is 0.864. The van der Waals surface area contributed by atoms with Gasteiger partial charge in [-0.05, 0) is 6.42 Å². The summed E-state index contributed by atoms with van der Waals surface area (Å²) in [6.07, 6.45) is 21.1. The second-order valence-electron chi connectivity index (χ2n) is 7.21. The highest BCUT2D eigenvalue weighted by Crippen LogP contribution is 2.13. The number of carbonyl (C=O) groups excluding carboxylic acids is 2. The van der Waals surface area contributed by atoms with Gasteiger partial charge in [0.2, 0.25) is 0 Å². The minimum Gasteiger partial charge on any atom is -0.464 e. The molecule has 0 N–H and O–H groups in total. The zero-order chi connectivity index (χ0) is 19.3. The normalized spacial score (nSPS) is 11.7. The second kappa shape index (κ2) is 19.9. The van der Waals surface area contributed by atoms with E-state index in [1.807, 2.05) is 0 Å². The van der Waals surface area contributed by atoms with E-state index in [0.717, 1.165) is 19.3 Å². The van der Waals surface area contributed by atoms with E-state index in [4.69, 9.17) is 10.00 Å². The largest absolute Gasteiger partial charge is 0.464 e. The van der Waals surface area contributed by atoms with Gasteiger partial charge in [-0.3, -0.25) is 4.79 Å². The molecule has 0 radical (unpaired) electrons. The predicted octanol–water partition coefficient (Wildman–Crippen LogP) is 6.13. The van der Waals surface area contributed by atoms with Crippen LogP contribution >= 0.6 is 0 Å². The van der Waals surface area contributed by atoms with E-state index in [1.54, 1.807) is 6.07 Å². The molecular weight excluding hydrogens is 326 g/mol. The lowest BCUT2D eigenvalue weighted by atomic mass is 10.0. The van der Waals surface area contributed by atoms with Gasteiger partial charge in [-0.15, -0.1) is 0 Å². The van der Waals surface area contributed by atoms with Crippen LogP contribution < -0.4 is 0 Å². The molecule has 0 aliphatic rings. The number of aldehydes is 1. The van der Waals surface area contributed by atoms with Crippen molar-refractivity contribution in [1.29, 1.82) is 5.26 Å². The fourth-order valence-corrected chi connectivity index (χ4v) is 3.05. The van der Waals surface area contributed by atoms with E-state index in [1.165, 1.54) is 83.5 Å². The highest BCUT2D eigenvalue weighted by Gasteiger charge is 2.17. The summed E-state index contributed by atoms with van der Waals surface area (Å²) in [5.74, 6) is -1.99. The van der Waals surface area contributed by atoms with Gasteiger partial charge in [0.25, 0.3) is 0 Å². The molecule has 0 heterocycles. The Morgan fingerprint density at radius 1 is 0.808 bits per heavy atom. The molecule has 0 aromatic heterocycles. The van der Waals surface area contributed by atoms with Crippen LogP contribution in [0.1, 0.15) is 110 Å². The van der Waals surface area contributed by atoms with E-state index in [2.05, 4.69) is 6.92 Å². The molecule has 0 saturated heterocycles. The average Bonchev–Trinajstić information content (AvgIpc) is 2.65. The minimum absolute atomic E-state index is 0.309.